The van der Waals surface area contributed by atoms with Crippen molar-refractivity contribution in [1.29, 1.82) is 0 Å². The van der Waals surface area contributed by atoms with Crippen LogP contribution in [0, 0.1) is 0 Å². The van der Waals surface area contributed by atoms with Crippen LogP contribution < -0.4 is 0 Å². The Morgan fingerprint density at radius 2 is 2.00 bits per heavy atom. The Bertz CT molecular complexity index is 962. The minimum atomic E-state index is -0.205. The van der Waals surface area contributed by atoms with E-state index in [0.717, 1.165) is 47.6 Å². The maximum Gasteiger partial charge on any atom is 0.155 e. The van der Waals surface area contributed by atoms with Crippen LogP contribution in [0.4, 0.5) is 0 Å². The summed E-state index contributed by atoms with van der Waals surface area (Å²) in [7, 11) is 2.16. The third kappa shape index (κ3) is 5.32. The molecule has 1 unspecified atom stereocenters. The first-order chi connectivity index (χ1) is 14.6. The molecule has 6 heteroatoms. The summed E-state index contributed by atoms with van der Waals surface area (Å²) in [6.07, 6.45) is 2.07. The van der Waals surface area contributed by atoms with E-state index in [0.29, 0.717) is 6.61 Å². The summed E-state index contributed by atoms with van der Waals surface area (Å²) in [6.45, 7) is 4.19. The number of ether oxygens (including phenoxy) is 2. The van der Waals surface area contributed by atoms with Gasteiger partial charge in [-0.15, -0.1) is 11.3 Å². The molecular formula is C24H28N2O3S. The molecular weight excluding hydrogens is 396 g/mol. The van der Waals surface area contributed by atoms with Gasteiger partial charge in [-0.05, 0) is 50.1 Å². The van der Waals surface area contributed by atoms with Crippen LogP contribution in [0.3, 0.4) is 0 Å². The fraction of sp³-hybridized carbons (Fsp3) is 0.417. The van der Waals surface area contributed by atoms with Crippen molar-refractivity contribution < 1.29 is 14.3 Å². The van der Waals surface area contributed by atoms with Gasteiger partial charge in [-0.1, -0.05) is 36.4 Å². The van der Waals surface area contributed by atoms with E-state index in [4.69, 9.17) is 14.5 Å². The second kappa shape index (κ2) is 9.79. The highest BCUT2D eigenvalue weighted by molar-refractivity contribution is 7.18. The molecule has 0 amide bonds. The van der Waals surface area contributed by atoms with Crippen molar-refractivity contribution in [2.75, 3.05) is 26.7 Å². The number of fused-ring (bicyclic) bond motifs is 1. The number of carbonyl (C=O) groups excluding carboxylic acids is 1. The second-order valence-corrected chi connectivity index (χ2v) is 9.04. The zero-order valence-corrected chi connectivity index (χ0v) is 18.4. The van der Waals surface area contributed by atoms with Gasteiger partial charge in [-0.3, -0.25) is 4.79 Å². The van der Waals surface area contributed by atoms with Crippen LogP contribution in [-0.2, 0) is 20.9 Å². The van der Waals surface area contributed by atoms with Gasteiger partial charge in [0.15, 0.2) is 5.78 Å². The van der Waals surface area contributed by atoms with Gasteiger partial charge in [0.1, 0.15) is 17.7 Å². The maximum atomic E-state index is 11.2. The van der Waals surface area contributed by atoms with E-state index in [1.165, 1.54) is 11.6 Å². The molecule has 1 atom stereocenters. The molecule has 1 aromatic heterocycles. The van der Waals surface area contributed by atoms with Crippen LogP contribution in [-0.4, -0.2) is 48.5 Å². The lowest BCUT2D eigenvalue weighted by molar-refractivity contribution is -0.121. The molecule has 0 N–H and O–H groups in total. The van der Waals surface area contributed by atoms with Gasteiger partial charge in [-0.2, -0.15) is 0 Å². The highest BCUT2D eigenvalue weighted by Gasteiger charge is 2.26. The average Bonchev–Trinajstić information content (AvgIpc) is 3.17. The van der Waals surface area contributed by atoms with Gasteiger partial charge in [-0.25, -0.2) is 4.98 Å². The normalized spacial score (nSPS) is 16.7. The molecule has 1 fully saturated rings. The first-order valence-electron chi connectivity index (χ1n) is 10.4. The first-order valence-corrected chi connectivity index (χ1v) is 11.3. The van der Waals surface area contributed by atoms with Gasteiger partial charge >= 0.3 is 0 Å². The van der Waals surface area contributed by atoms with E-state index in [-0.39, 0.29) is 24.6 Å². The summed E-state index contributed by atoms with van der Waals surface area (Å²) < 4.78 is 13.4. The molecule has 2 heterocycles. The summed E-state index contributed by atoms with van der Waals surface area (Å²) in [5.74, 6) is 0.0316. The summed E-state index contributed by atoms with van der Waals surface area (Å²) in [5, 5.41) is 0.983. The quantitative estimate of drug-likeness (QED) is 0.529. The van der Waals surface area contributed by atoms with E-state index in [1.54, 1.807) is 11.3 Å². The topological polar surface area (TPSA) is 51.7 Å². The van der Waals surface area contributed by atoms with Gasteiger partial charge in [0.2, 0.25) is 0 Å². The zero-order valence-electron chi connectivity index (χ0n) is 17.5. The number of piperidine rings is 1. The Kier molecular flexibility index (Phi) is 6.89. The van der Waals surface area contributed by atoms with Crippen molar-refractivity contribution in [3.63, 3.8) is 0 Å². The predicted octanol–water partition coefficient (Wildman–Crippen LogP) is 4.60. The number of rotatable bonds is 8. The number of para-hydroxylation sites is 1. The lowest BCUT2D eigenvalue weighted by Crippen LogP contribution is -2.35. The van der Waals surface area contributed by atoms with E-state index < -0.39 is 0 Å². The van der Waals surface area contributed by atoms with E-state index >= 15 is 0 Å². The second-order valence-electron chi connectivity index (χ2n) is 7.98. The van der Waals surface area contributed by atoms with Gasteiger partial charge in [0.25, 0.3) is 0 Å². The highest BCUT2D eigenvalue weighted by Crippen LogP contribution is 2.35. The third-order valence-electron chi connectivity index (χ3n) is 5.36. The largest absolute Gasteiger partial charge is 0.369 e. The predicted molar refractivity (Wildman–Crippen MR) is 120 cm³/mol. The Morgan fingerprint density at radius 3 is 2.77 bits per heavy atom. The molecule has 0 radical (unpaired) electrons. The molecule has 0 spiro atoms. The molecule has 1 saturated heterocycles. The Labute approximate surface area is 181 Å². The van der Waals surface area contributed by atoms with Crippen LogP contribution in [0.25, 0.3) is 10.2 Å². The summed E-state index contributed by atoms with van der Waals surface area (Å²) >= 11 is 1.69. The number of benzene rings is 2. The van der Waals surface area contributed by atoms with E-state index in [9.17, 15) is 4.79 Å². The Hall–Kier alpha value is -2.12. The SMILES string of the molecule is CC(=O)COCc1cccc(C(OC2CCN(C)CC2)c2nc3ccccc3s2)c1. The maximum absolute atomic E-state index is 11.2. The van der Waals surface area contributed by atoms with Crippen molar-refractivity contribution in [3.8, 4) is 0 Å². The standard InChI is InChI=1S/C24H28N2O3S/c1-17(27)15-28-16-18-6-5-7-19(14-18)23(29-20-10-12-26(2)13-11-20)24-25-21-8-3-4-9-22(21)30-24/h3-9,14,20,23H,10-13,15-16H2,1-2H3. The summed E-state index contributed by atoms with van der Waals surface area (Å²) in [6, 6.07) is 16.5. The van der Waals surface area contributed by atoms with Crippen molar-refractivity contribution in [2.24, 2.45) is 0 Å². The van der Waals surface area contributed by atoms with Crippen molar-refractivity contribution in [1.82, 2.24) is 9.88 Å². The number of aromatic nitrogens is 1. The highest BCUT2D eigenvalue weighted by atomic mass is 32.1. The van der Waals surface area contributed by atoms with E-state index in [2.05, 4.69) is 30.1 Å². The number of ketones is 1. The molecule has 0 saturated carbocycles. The minimum Gasteiger partial charge on any atom is -0.369 e. The Balaban J connectivity index is 1.60. The molecule has 0 bridgehead atoms. The molecule has 30 heavy (non-hydrogen) atoms. The first kappa shape index (κ1) is 21.1. The lowest BCUT2D eigenvalue weighted by Gasteiger charge is -2.31. The summed E-state index contributed by atoms with van der Waals surface area (Å²) in [5.41, 5.74) is 3.12. The van der Waals surface area contributed by atoms with Crippen molar-refractivity contribution in [3.05, 3.63) is 64.7 Å². The van der Waals surface area contributed by atoms with Gasteiger partial charge in [0, 0.05) is 13.1 Å². The van der Waals surface area contributed by atoms with Crippen LogP contribution in [0.15, 0.2) is 48.5 Å². The zero-order chi connectivity index (χ0) is 20.9. The molecule has 4 rings (SSSR count). The van der Waals surface area contributed by atoms with Crippen LogP contribution in [0.5, 0.6) is 0 Å². The van der Waals surface area contributed by atoms with E-state index in [1.807, 2.05) is 30.3 Å². The summed E-state index contributed by atoms with van der Waals surface area (Å²) in [4.78, 5) is 18.4. The molecule has 158 valence electrons. The number of carbonyl (C=O) groups is 1. The number of hydrogen-bond acceptors (Lipinski definition) is 6. The number of hydrogen-bond donors (Lipinski definition) is 0. The van der Waals surface area contributed by atoms with Gasteiger partial charge < -0.3 is 14.4 Å². The van der Waals surface area contributed by atoms with Crippen molar-refractivity contribution >= 4 is 27.3 Å². The number of Topliss-reactive ketones (excluding diaryl/α,β-unsaturated/α-hetero) is 1. The monoisotopic (exact) mass is 424 g/mol. The number of likely N-dealkylation sites (tertiary alicyclic amines) is 1. The van der Waals surface area contributed by atoms with Crippen LogP contribution in [0.2, 0.25) is 0 Å². The average molecular weight is 425 g/mol. The smallest absolute Gasteiger partial charge is 0.155 e. The van der Waals surface area contributed by atoms with Crippen LogP contribution in [0.1, 0.15) is 42.0 Å². The molecule has 1 aliphatic rings. The Morgan fingerprint density at radius 1 is 1.20 bits per heavy atom. The fourth-order valence-corrected chi connectivity index (χ4v) is 4.79. The molecule has 5 nitrogen and oxygen atoms in total. The van der Waals surface area contributed by atoms with Gasteiger partial charge in [0.05, 0.1) is 22.9 Å². The number of thiazole rings is 1. The molecule has 3 aromatic rings. The van der Waals surface area contributed by atoms with Crippen molar-refractivity contribution in [2.45, 2.75) is 38.6 Å². The number of nitrogens with zero attached hydrogens (tertiary/aromatic N) is 2. The minimum absolute atomic E-state index is 0.0316. The fourth-order valence-electron chi connectivity index (χ4n) is 3.75. The molecule has 2 aromatic carbocycles. The molecule has 0 aliphatic carbocycles. The lowest BCUT2D eigenvalue weighted by atomic mass is 10.0. The third-order valence-corrected chi connectivity index (χ3v) is 6.44. The molecule has 1 aliphatic heterocycles. The van der Waals surface area contributed by atoms with Crippen LogP contribution >= 0.6 is 11.3 Å².